The van der Waals surface area contributed by atoms with Crippen molar-refractivity contribution >= 4 is 17.8 Å². The number of amides is 2. The van der Waals surface area contributed by atoms with E-state index in [1.807, 2.05) is 19.9 Å². The Morgan fingerprint density at radius 2 is 1.59 bits per heavy atom. The molecule has 0 unspecified atom stereocenters. The molecule has 0 spiro atoms. The van der Waals surface area contributed by atoms with Gasteiger partial charge in [-0.1, -0.05) is 45.9 Å². The predicted octanol–water partition coefficient (Wildman–Crippen LogP) is 3.94. The van der Waals surface area contributed by atoms with Crippen LogP contribution in [0.1, 0.15) is 78.1 Å². The van der Waals surface area contributed by atoms with Gasteiger partial charge in [0.05, 0.1) is 0 Å². The zero-order valence-electron chi connectivity index (χ0n) is 20.7. The Hall–Kier alpha value is -2.41. The predicted molar refractivity (Wildman–Crippen MR) is 127 cm³/mol. The van der Waals surface area contributed by atoms with E-state index < -0.39 is 17.6 Å². The summed E-state index contributed by atoms with van der Waals surface area (Å²) >= 11 is 0. The molecule has 0 radical (unpaired) electrons. The minimum atomic E-state index is -0.844. The van der Waals surface area contributed by atoms with Crippen molar-refractivity contribution in [1.82, 2.24) is 15.8 Å². The molecule has 7 nitrogen and oxygen atoms in total. The molecule has 0 fully saturated rings. The lowest BCUT2D eigenvalue weighted by Gasteiger charge is -2.33. The van der Waals surface area contributed by atoms with Crippen molar-refractivity contribution in [2.24, 2.45) is 11.8 Å². The van der Waals surface area contributed by atoms with Gasteiger partial charge in [-0.3, -0.25) is 14.6 Å². The third-order valence-corrected chi connectivity index (χ3v) is 4.60. The maximum absolute atomic E-state index is 13.1. The molecule has 1 rings (SSSR count). The second-order valence-corrected chi connectivity index (χ2v) is 9.91. The fraction of sp³-hybridized carbons (Fsp3) is 0.640. The van der Waals surface area contributed by atoms with E-state index in [2.05, 4.69) is 24.6 Å². The summed E-state index contributed by atoms with van der Waals surface area (Å²) in [5, 5.41) is 4.27. The monoisotopic (exact) mass is 447 g/mol. The first-order chi connectivity index (χ1) is 14.9. The highest BCUT2D eigenvalue weighted by Crippen LogP contribution is 2.15. The average Bonchev–Trinajstić information content (AvgIpc) is 2.69. The van der Waals surface area contributed by atoms with E-state index in [0.717, 1.165) is 6.42 Å². The molecule has 7 heteroatoms. The van der Waals surface area contributed by atoms with Crippen molar-refractivity contribution in [3.8, 4) is 0 Å². The summed E-state index contributed by atoms with van der Waals surface area (Å²) in [6, 6.07) is 8.05. The van der Waals surface area contributed by atoms with Crippen LogP contribution >= 0.6 is 0 Å². The van der Waals surface area contributed by atoms with Crippen LogP contribution in [0.2, 0.25) is 0 Å². The fourth-order valence-corrected chi connectivity index (χ4v) is 2.92. The van der Waals surface area contributed by atoms with Crippen molar-refractivity contribution in [2.45, 2.75) is 79.4 Å². The van der Waals surface area contributed by atoms with E-state index in [1.54, 1.807) is 45.0 Å². The van der Waals surface area contributed by atoms with Gasteiger partial charge >= 0.3 is 5.97 Å². The summed E-state index contributed by atoms with van der Waals surface area (Å²) in [7, 11) is 0. The number of hydrazine groups is 1. The van der Waals surface area contributed by atoms with Gasteiger partial charge in [0.25, 0.3) is 5.91 Å². The summed E-state index contributed by atoms with van der Waals surface area (Å²) in [6.07, 6.45) is 1.30. The Labute approximate surface area is 193 Å². The lowest BCUT2D eigenvalue weighted by Crippen LogP contribution is -2.55. The van der Waals surface area contributed by atoms with Crippen molar-refractivity contribution in [3.05, 3.63) is 35.9 Å². The summed E-state index contributed by atoms with van der Waals surface area (Å²) < 4.78 is 5.62. The highest BCUT2D eigenvalue weighted by molar-refractivity contribution is 5.94. The van der Waals surface area contributed by atoms with Crippen LogP contribution in [-0.2, 0) is 14.3 Å². The minimum absolute atomic E-state index is 0.149. The number of hydrogen-bond donors (Lipinski definition) is 2. The SMILES string of the molecule is CC(C)CCC(=O)N(NCC(C)C)[C@@H](CCNC(=O)c1ccccc1)C(=O)OC(C)(C)C. The Morgan fingerprint density at radius 3 is 2.12 bits per heavy atom. The molecule has 180 valence electrons. The Morgan fingerprint density at radius 1 is 0.969 bits per heavy atom. The molecule has 2 N–H and O–H groups in total. The third-order valence-electron chi connectivity index (χ3n) is 4.60. The second kappa shape index (κ2) is 13.2. The molecular weight excluding hydrogens is 406 g/mol. The van der Waals surface area contributed by atoms with Gasteiger partial charge in [0.2, 0.25) is 5.91 Å². The maximum atomic E-state index is 13.1. The molecular formula is C25H41N3O4. The Bertz CT molecular complexity index is 726. The number of ether oxygens (including phenoxy) is 1. The molecule has 1 aromatic carbocycles. The fourth-order valence-electron chi connectivity index (χ4n) is 2.92. The van der Waals surface area contributed by atoms with E-state index in [-0.39, 0.29) is 30.7 Å². The molecule has 0 saturated carbocycles. The van der Waals surface area contributed by atoms with Crippen LogP contribution < -0.4 is 10.7 Å². The van der Waals surface area contributed by atoms with Gasteiger partial charge in [-0.15, -0.1) is 0 Å². The molecule has 0 aliphatic heterocycles. The largest absolute Gasteiger partial charge is 0.458 e. The van der Waals surface area contributed by atoms with E-state index in [9.17, 15) is 14.4 Å². The number of carbonyl (C=O) groups is 3. The first-order valence-corrected chi connectivity index (χ1v) is 11.5. The van der Waals surface area contributed by atoms with Crippen molar-refractivity contribution in [2.75, 3.05) is 13.1 Å². The van der Waals surface area contributed by atoms with Crippen LogP contribution in [0.3, 0.4) is 0 Å². The number of rotatable bonds is 12. The number of carbonyl (C=O) groups excluding carboxylic acids is 3. The Balaban J connectivity index is 3.00. The molecule has 0 aliphatic carbocycles. The first-order valence-electron chi connectivity index (χ1n) is 11.5. The van der Waals surface area contributed by atoms with Gasteiger partial charge in [-0.2, -0.15) is 0 Å². The molecule has 0 aromatic heterocycles. The normalized spacial score (nSPS) is 12.5. The molecule has 0 bridgehead atoms. The van der Waals surface area contributed by atoms with Gasteiger partial charge < -0.3 is 10.1 Å². The van der Waals surface area contributed by atoms with Crippen molar-refractivity contribution in [3.63, 3.8) is 0 Å². The van der Waals surface area contributed by atoms with Gasteiger partial charge in [0.15, 0.2) is 0 Å². The smallest absolute Gasteiger partial charge is 0.331 e. The molecule has 32 heavy (non-hydrogen) atoms. The molecule has 0 aliphatic rings. The van der Waals surface area contributed by atoms with Gasteiger partial charge in [-0.05, 0) is 57.6 Å². The van der Waals surface area contributed by atoms with E-state index >= 15 is 0 Å². The van der Waals surface area contributed by atoms with Gasteiger partial charge in [0.1, 0.15) is 11.6 Å². The van der Waals surface area contributed by atoms with E-state index in [4.69, 9.17) is 4.74 Å². The number of benzene rings is 1. The molecule has 0 saturated heterocycles. The van der Waals surface area contributed by atoms with Crippen LogP contribution in [0.25, 0.3) is 0 Å². The second-order valence-electron chi connectivity index (χ2n) is 9.91. The zero-order valence-corrected chi connectivity index (χ0v) is 20.7. The van der Waals surface area contributed by atoms with Crippen LogP contribution in [0.4, 0.5) is 0 Å². The summed E-state index contributed by atoms with van der Waals surface area (Å²) in [4.78, 5) is 38.5. The standard InChI is InChI=1S/C25H41N3O4/c1-18(2)13-14-22(29)28(27-17-19(3)4)21(24(31)32-25(5,6)7)15-16-26-23(30)20-11-9-8-10-12-20/h8-12,18-19,21,27H,13-17H2,1-7H3,(H,26,30)/t21-/m0/s1. The van der Waals surface area contributed by atoms with Gasteiger partial charge in [-0.25, -0.2) is 10.2 Å². The minimum Gasteiger partial charge on any atom is -0.458 e. The molecule has 1 atom stereocenters. The first kappa shape index (κ1) is 27.6. The van der Waals surface area contributed by atoms with Crippen molar-refractivity contribution < 1.29 is 19.1 Å². The summed E-state index contributed by atoms with van der Waals surface area (Å²) in [6.45, 7) is 14.4. The van der Waals surface area contributed by atoms with E-state index in [1.165, 1.54) is 5.01 Å². The quantitative estimate of drug-likeness (QED) is 0.374. The Kier molecular flexibility index (Phi) is 11.4. The van der Waals surface area contributed by atoms with E-state index in [0.29, 0.717) is 24.4 Å². The van der Waals surface area contributed by atoms with Crippen molar-refractivity contribution in [1.29, 1.82) is 0 Å². The lowest BCUT2D eigenvalue weighted by molar-refractivity contribution is -0.167. The zero-order chi connectivity index (χ0) is 24.3. The number of nitrogens with zero attached hydrogens (tertiary/aromatic N) is 1. The maximum Gasteiger partial charge on any atom is 0.331 e. The van der Waals surface area contributed by atoms with Gasteiger partial charge in [0, 0.05) is 25.1 Å². The summed E-state index contributed by atoms with van der Waals surface area (Å²) in [5.74, 6) is -0.199. The number of hydrogen-bond acceptors (Lipinski definition) is 5. The number of esters is 1. The van der Waals surface area contributed by atoms with Crippen LogP contribution in [0.15, 0.2) is 30.3 Å². The lowest BCUT2D eigenvalue weighted by atomic mass is 10.1. The molecule has 2 amide bonds. The summed E-state index contributed by atoms with van der Waals surface area (Å²) in [5.41, 5.74) is 3.01. The number of nitrogens with one attached hydrogen (secondary N) is 2. The molecule has 0 heterocycles. The third kappa shape index (κ3) is 10.8. The molecule has 1 aromatic rings. The average molecular weight is 448 g/mol. The van der Waals surface area contributed by atoms with Crippen LogP contribution in [-0.4, -0.2) is 47.5 Å². The highest BCUT2D eigenvalue weighted by atomic mass is 16.6. The van der Waals surface area contributed by atoms with Crippen LogP contribution in [0.5, 0.6) is 0 Å². The highest BCUT2D eigenvalue weighted by Gasteiger charge is 2.33. The topological polar surface area (TPSA) is 87.7 Å². The van der Waals surface area contributed by atoms with Crippen LogP contribution in [0, 0.1) is 11.8 Å².